The fourth-order valence-electron chi connectivity index (χ4n) is 3.13. The van der Waals surface area contributed by atoms with Gasteiger partial charge in [-0.3, -0.25) is 29.8 Å². The number of nitrogens with zero attached hydrogens (tertiary/aromatic N) is 2. The molecule has 0 aromatic heterocycles. The van der Waals surface area contributed by atoms with Crippen molar-refractivity contribution in [3.63, 3.8) is 0 Å². The molecule has 3 N–H and O–H groups in total. The third-order valence-corrected chi connectivity index (χ3v) is 4.75. The Morgan fingerprint density at radius 2 is 1.59 bits per heavy atom. The van der Waals surface area contributed by atoms with E-state index in [9.17, 15) is 29.8 Å². The lowest BCUT2D eigenvalue weighted by Gasteiger charge is -2.12. The molecule has 32 heavy (non-hydrogen) atoms. The number of nitrogens with one attached hydrogen (secondary N) is 2. The number of nitro groups is 2. The Labute approximate surface area is 183 Å². The van der Waals surface area contributed by atoms with Crippen molar-refractivity contribution in [3.8, 4) is 0 Å². The highest BCUT2D eigenvalue weighted by Gasteiger charge is 2.29. The minimum Gasteiger partial charge on any atom is -0.481 e. The van der Waals surface area contributed by atoms with Crippen LogP contribution in [0.25, 0.3) is 0 Å². The number of amides is 1. The molecule has 11 heteroatoms. The summed E-state index contributed by atoms with van der Waals surface area (Å²) in [5, 5.41) is 37.2. The van der Waals surface area contributed by atoms with E-state index in [0.717, 1.165) is 23.3 Å². The van der Waals surface area contributed by atoms with Crippen molar-refractivity contribution in [2.24, 2.45) is 0 Å². The summed E-state index contributed by atoms with van der Waals surface area (Å²) in [6, 6.07) is 7.27. The summed E-state index contributed by atoms with van der Waals surface area (Å²) < 4.78 is 0. The monoisotopic (exact) mass is 444 g/mol. The maximum Gasteiger partial charge on any atom is 0.303 e. The van der Waals surface area contributed by atoms with Crippen molar-refractivity contribution in [2.75, 3.05) is 11.9 Å². The Bertz CT molecular complexity index is 1020. The van der Waals surface area contributed by atoms with Crippen molar-refractivity contribution < 1.29 is 24.5 Å². The zero-order valence-corrected chi connectivity index (χ0v) is 17.7. The average Bonchev–Trinajstić information content (AvgIpc) is 2.71. The summed E-state index contributed by atoms with van der Waals surface area (Å²) in [4.78, 5) is 44.7. The largest absolute Gasteiger partial charge is 0.481 e. The molecule has 2 rings (SSSR count). The van der Waals surface area contributed by atoms with E-state index in [1.54, 1.807) is 19.1 Å². The summed E-state index contributed by atoms with van der Waals surface area (Å²) in [5.41, 5.74) is 0.486. The van der Waals surface area contributed by atoms with Crippen LogP contribution in [0.2, 0.25) is 0 Å². The van der Waals surface area contributed by atoms with E-state index in [2.05, 4.69) is 10.6 Å². The van der Waals surface area contributed by atoms with Crippen LogP contribution in [0.1, 0.15) is 47.2 Å². The van der Waals surface area contributed by atoms with Crippen LogP contribution in [0.15, 0.2) is 30.3 Å². The molecule has 0 heterocycles. The number of aryl methyl sites for hydroxylation is 2. The van der Waals surface area contributed by atoms with E-state index >= 15 is 0 Å². The molecule has 0 saturated carbocycles. The van der Waals surface area contributed by atoms with Gasteiger partial charge >= 0.3 is 17.3 Å². The van der Waals surface area contributed by atoms with Crippen molar-refractivity contribution in [1.82, 2.24) is 5.32 Å². The van der Waals surface area contributed by atoms with E-state index in [0.29, 0.717) is 24.9 Å². The molecule has 0 aliphatic heterocycles. The number of aliphatic carboxylic acids is 1. The number of nitro benzene ring substituents is 2. The van der Waals surface area contributed by atoms with Crippen molar-refractivity contribution >= 4 is 34.6 Å². The molecule has 2 aromatic rings. The van der Waals surface area contributed by atoms with Gasteiger partial charge in [-0.1, -0.05) is 24.1 Å². The average molecular weight is 444 g/mol. The number of anilines is 2. The number of hydrogen-bond donors (Lipinski definition) is 3. The van der Waals surface area contributed by atoms with Crippen LogP contribution in [0.4, 0.5) is 22.7 Å². The van der Waals surface area contributed by atoms with Gasteiger partial charge in [0.25, 0.3) is 5.91 Å². The maximum atomic E-state index is 12.4. The lowest BCUT2D eigenvalue weighted by atomic mass is 10.1. The first-order chi connectivity index (χ1) is 15.1. The minimum absolute atomic E-state index is 0.0290. The van der Waals surface area contributed by atoms with Crippen LogP contribution in [-0.2, 0) is 4.79 Å². The zero-order valence-electron chi connectivity index (χ0n) is 17.7. The maximum absolute atomic E-state index is 12.4. The number of hydrogen-bond acceptors (Lipinski definition) is 7. The molecule has 0 aliphatic rings. The molecule has 0 spiro atoms. The van der Waals surface area contributed by atoms with Crippen LogP contribution in [0, 0.1) is 34.1 Å². The molecule has 170 valence electrons. The highest BCUT2D eigenvalue weighted by molar-refractivity contribution is 5.98. The predicted molar refractivity (Wildman–Crippen MR) is 117 cm³/mol. The zero-order chi connectivity index (χ0) is 23.8. The van der Waals surface area contributed by atoms with E-state index < -0.39 is 33.1 Å². The van der Waals surface area contributed by atoms with Gasteiger partial charge in [-0.05, 0) is 38.3 Å². The van der Waals surface area contributed by atoms with Crippen LogP contribution in [0.3, 0.4) is 0 Å². The first-order valence-corrected chi connectivity index (χ1v) is 9.91. The summed E-state index contributed by atoms with van der Waals surface area (Å²) in [6.07, 6.45) is 1.57. The van der Waals surface area contributed by atoms with E-state index in [4.69, 9.17) is 5.11 Å². The van der Waals surface area contributed by atoms with Gasteiger partial charge in [0, 0.05) is 30.8 Å². The topological polar surface area (TPSA) is 165 Å². The Morgan fingerprint density at radius 3 is 2.12 bits per heavy atom. The van der Waals surface area contributed by atoms with Gasteiger partial charge in [0.2, 0.25) is 0 Å². The SMILES string of the molecule is Cc1ccc(Nc2c([N+](=O)[O-])cc(C(=O)NCCCCCC(=O)O)cc2[N+](=O)[O-])c(C)c1. The Kier molecular flexibility index (Phi) is 8.22. The van der Waals surface area contributed by atoms with Crippen LogP contribution < -0.4 is 10.6 Å². The molecule has 0 saturated heterocycles. The summed E-state index contributed by atoms with van der Waals surface area (Å²) in [6.45, 7) is 3.86. The van der Waals surface area contributed by atoms with Crippen LogP contribution in [-0.4, -0.2) is 33.4 Å². The summed E-state index contributed by atoms with van der Waals surface area (Å²) >= 11 is 0. The summed E-state index contributed by atoms with van der Waals surface area (Å²) in [7, 11) is 0. The second-order valence-corrected chi connectivity index (χ2v) is 7.31. The van der Waals surface area contributed by atoms with E-state index in [-0.39, 0.29) is 24.2 Å². The fraction of sp³-hybridized carbons (Fsp3) is 0.333. The first-order valence-electron chi connectivity index (χ1n) is 9.91. The van der Waals surface area contributed by atoms with Gasteiger partial charge in [-0.25, -0.2) is 0 Å². The molecular weight excluding hydrogens is 420 g/mol. The molecular formula is C21H24N4O7. The van der Waals surface area contributed by atoms with Crippen molar-refractivity contribution in [2.45, 2.75) is 39.5 Å². The Hall–Kier alpha value is -4.02. The van der Waals surface area contributed by atoms with Gasteiger partial charge in [0.15, 0.2) is 5.69 Å². The fourth-order valence-corrected chi connectivity index (χ4v) is 3.13. The second kappa shape index (κ2) is 10.8. The number of carbonyl (C=O) groups excluding carboxylic acids is 1. The highest BCUT2D eigenvalue weighted by Crippen LogP contribution is 2.38. The van der Waals surface area contributed by atoms with Crippen molar-refractivity contribution in [3.05, 3.63) is 67.3 Å². The number of carbonyl (C=O) groups is 2. The third-order valence-electron chi connectivity index (χ3n) is 4.75. The smallest absolute Gasteiger partial charge is 0.303 e. The molecule has 0 bridgehead atoms. The molecule has 1 amide bonds. The van der Waals surface area contributed by atoms with Crippen molar-refractivity contribution in [1.29, 1.82) is 0 Å². The molecule has 11 nitrogen and oxygen atoms in total. The standard InChI is InChI=1S/C21H24N4O7/c1-13-7-8-16(14(2)10-13)23-20-17(24(29)30)11-15(12-18(20)25(31)32)21(28)22-9-5-3-4-6-19(26)27/h7-8,10-12,23H,3-6,9H2,1-2H3,(H,22,28)(H,26,27). The van der Waals surface area contributed by atoms with Crippen LogP contribution >= 0.6 is 0 Å². The highest BCUT2D eigenvalue weighted by atomic mass is 16.6. The van der Waals surface area contributed by atoms with Gasteiger partial charge in [0.1, 0.15) is 0 Å². The number of rotatable bonds is 11. The molecule has 0 atom stereocenters. The number of carboxylic acids is 1. The molecule has 2 aromatic carbocycles. The number of benzene rings is 2. The molecule has 0 fully saturated rings. The Morgan fingerprint density at radius 1 is 0.969 bits per heavy atom. The first kappa shape index (κ1) is 24.3. The van der Waals surface area contributed by atoms with Gasteiger partial charge in [0.05, 0.1) is 15.4 Å². The number of carboxylic acid groups (broad SMARTS) is 1. The Balaban J connectivity index is 2.27. The van der Waals surface area contributed by atoms with E-state index in [1.807, 2.05) is 13.0 Å². The lowest BCUT2D eigenvalue weighted by molar-refractivity contribution is -0.392. The minimum atomic E-state index is -0.900. The van der Waals surface area contributed by atoms with Gasteiger partial charge in [-0.15, -0.1) is 0 Å². The molecule has 0 radical (unpaired) electrons. The molecule has 0 aliphatic carbocycles. The third kappa shape index (κ3) is 6.49. The van der Waals surface area contributed by atoms with Gasteiger partial charge < -0.3 is 15.7 Å². The molecule has 0 unspecified atom stereocenters. The summed E-state index contributed by atoms with van der Waals surface area (Å²) in [5.74, 6) is -1.59. The van der Waals surface area contributed by atoms with E-state index in [1.165, 1.54) is 0 Å². The second-order valence-electron chi connectivity index (χ2n) is 7.31. The van der Waals surface area contributed by atoms with Gasteiger partial charge in [-0.2, -0.15) is 0 Å². The van der Waals surface area contributed by atoms with Crippen LogP contribution in [0.5, 0.6) is 0 Å². The quantitative estimate of drug-likeness (QED) is 0.263. The predicted octanol–water partition coefficient (Wildman–Crippen LogP) is 4.24. The normalized spacial score (nSPS) is 10.4. The number of unbranched alkanes of at least 4 members (excludes halogenated alkanes) is 2. The lowest BCUT2D eigenvalue weighted by Crippen LogP contribution is -2.24.